The fraction of sp³-hybridized carbons (Fsp3) is 0.424. The zero-order valence-corrected chi connectivity index (χ0v) is 24.9. The largest absolute Gasteiger partial charge is 0.508 e. The van der Waals surface area contributed by atoms with Gasteiger partial charge in [-0.15, -0.1) is 0 Å². The van der Waals surface area contributed by atoms with Crippen molar-refractivity contribution in [3.8, 4) is 5.75 Å². The number of para-hydroxylation sites is 1. The predicted octanol–water partition coefficient (Wildman–Crippen LogP) is 5.91. The molecule has 3 rings (SSSR count). The summed E-state index contributed by atoms with van der Waals surface area (Å²) in [6, 6.07) is 17.0. The third-order valence-electron chi connectivity index (χ3n) is 6.77. The molecule has 0 radical (unpaired) electrons. The van der Waals surface area contributed by atoms with Crippen molar-refractivity contribution in [2.24, 2.45) is 0 Å². The Morgan fingerprint density at radius 2 is 1.57 bits per heavy atom. The van der Waals surface area contributed by atoms with E-state index in [-0.39, 0.29) is 17.9 Å². The summed E-state index contributed by atoms with van der Waals surface area (Å²) in [5, 5.41) is 28.3. The Morgan fingerprint density at radius 3 is 2.24 bits per heavy atom. The maximum atomic E-state index is 14.0. The minimum absolute atomic E-state index is 0.152. The number of amides is 3. The van der Waals surface area contributed by atoms with Gasteiger partial charge in [0.15, 0.2) is 0 Å². The second-order valence-electron chi connectivity index (χ2n) is 11.3. The number of fused-ring (bicyclic) bond motifs is 1. The predicted molar refractivity (Wildman–Crippen MR) is 164 cm³/mol. The van der Waals surface area contributed by atoms with Crippen molar-refractivity contribution < 1.29 is 29.3 Å². The molecular weight excluding hydrogens is 534 g/mol. The summed E-state index contributed by atoms with van der Waals surface area (Å²) in [6.07, 6.45) is 3.59. The molecule has 0 aromatic heterocycles. The van der Waals surface area contributed by atoms with Crippen LogP contribution in [0.5, 0.6) is 5.75 Å². The highest BCUT2D eigenvalue weighted by molar-refractivity contribution is 6.00. The number of phenolic OH excluding ortho intramolecular Hbond substituents is 1. The Hall–Kier alpha value is -4.11. The summed E-state index contributed by atoms with van der Waals surface area (Å²) < 4.78 is 5.30. The number of benzene rings is 3. The smallest absolute Gasteiger partial charge is 0.408 e. The topological polar surface area (TPSA) is 128 Å². The van der Waals surface area contributed by atoms with Crippen LogP contribution in [0.3, 0.4) is 0 Å². The van der Waals surface area contributed by atoms with Crippen LogP contribution in [-0.4, -0.2) is 57.8 Å². The van der Waals surface area contributed by atoms with Gasteiger partial charge in [-0.3, -0.25) is 9.59 Å². The number of carbonyl (C=O) groups excluding carboxylic acids is 3. The number of nitrogens with zero attached hydrogens (tertiary/aromatic N) is 1. The number of unbranched alkanes of at least 4 members (excludes halogenated alkanes) is 4. The number of hydrogen-bond donors (Lipinski definition) is 4. The van der Waals surface area contributed by atoms with E-state index in [1.807, 2.05) is 36.4 Å². The normalized spacial score (nSPS) is 12.8. The van der Waals surface area contributed by atoms with Gasteiger partial charge in [0.05, 0.1) is 6.61 Å². The molecule has 0 bridgehead atoms. The van der Waals surface area contributed by atoms with Gasteiger partial charge in [0.25, 0.3) is 5.91 Å². The molecule has 0 aliphatic rings. The lowest BCUT2D eigenvalue weighted by molar-refractivity contribution is -0.141. The highest BCUT2D eigenvalue weighted by atomic mass is 16.6. The van der Waals surface area contributed by atoms with Crippen LogP contribution < -0.4 is 10.6 Å². The minimum atomic E-state index is -1.36. The lowest BCUT2D eigenvalue weighted by atomic mass is 10.0. The van der Waals surface area contributed by atoms with Crippen molar-refractivity contribution in [1.82, 2.24) is 10.2 Å². The number of anilines is 1. The standard InChI is InChI=1S/C33H43N3O6/c1-5-6-7-8-13-20-36(31(40)27(22-37)35-32(41)42-33(2,3)4)29(26-16-11-12-17-28(26)38)30(39)34-25-19-18-23-14-9-10-15-24(23)21-25/h9-12,14-19,21,27,29,37-38H,5-8,13,20,22H2,1-4H3,(H,34,39)(H,35,41). The van der Waals surface area contributed by atoms with Crippen LogP contribution in [0.2, 0.25) is 0 Å². The number of aliphatic hydroxyl groups excluding tert-OH is 1. The zero-order chi connectivity index (χ0) is 30.7. The van der Waals surface area contributed by atoms with Crippen molar-refractivity contribution >= 4 is 34.4 Å². The molecule has 4 N–H and O–H groups in total. The molecular formula is C33H43N3O6. The van der Waals surface area contributed by atoms with Gasteiger partial charge < -0.3 is 30.5 Å². The SMILES string of the molecule is CCCCCCCN(C(=O)C(CO)NC(=O)OC(C)(C)C)C(C(=O)Nc1ccc2ccccc2c1)c1ccccc1O. The van der Waals surface area contributed by atoms with Gasteiger partial charge in [-0.05, 0) is 56.2 Å². The molecule has 0 aliphatic heterocycles. The fourth-order valence-electron chi connectivity index (χ4n) is 4.73. The number of nitrogens with one attached hydrogen (secondary N) is 2. The van der Waals surface area contributed by atoms with Gasteiger partial charge in [-0.1, -0.05) is 81.1 Å². The monoisotopic (exact) mass is 577 g/mol. The summed E-state index contributed by atoms with van der Waals surface area (Å²) >= 11 is 0. The van der Waals surface area contributed by atoms with E-state index in [1.54, 1.807) is 45.0 Å². The van der Waals surface area contributed by atoms with Gasteiger partial charge in [0.2, 0.25) is 5.91 Å². The zero-order valence-electron chi connectivity index (χ0n) is 24.9. The van der Waals surface area contributed by atoms with E-state index in [0.717, 1.165) is 36.5 Å². The number of ether oxygens (including phenoxy) is 1. The fourth-order valence-corrected chi connectivity index (χ4v) is 4.73. The first-order valence-electron chi connectivity index (χ1n) is 14.5. The number of phenols is 1. The molecule has 42 heavy (non-hydrogen) atoms. The van der Waals surface area contributed by atoms with E-state index in [4.69, 9.17) is 4.74 Å². The third kappa shape index (κ3) is 9.21. The Bertz CT molecular complexity index is 1350. The first-order valence-corrected chi connectivity index (χ1v) is 14.5. The van der Waals surface area contributed by atoms with Crippen molar-refractivity contribution in [3.63, 3.8) is 0 Å². The average Bonchev–Trinajstić information content (AvgIpc) is 2.94. The van der Waals surface area contributed by atoms with Crippen LogP contribution in [0.4, 0.5) is 10.5 Å². The number of carbonyl (C=O) groups is 3. The van der Waals surface area contributed by atoms with Crippen LogP contribution in [0.1, 0.15) is 71.4 Å². The van der Waals surface area contributed by atoms with Crippen molar-refractivity contribution in [3.05, 3.63) is 72.3 Å². The lowest BCUT2D eigenvalue weighted by Gasteiger charge is -2.34. The van der Waals surface area contributed by atoms with Crippen LogP contribution in [0.25, 0.3) is 10.8 Å². The Balaban J connectivity index is 1.99. The number of rotatable bonds is 13. The second kappa shape index (κ2) is 15.2. The summed E-state index contributed by atoms with van der Waals surface area (Å²) in [7, 11) is 0. The maximum absolute atomic E-state index is 14.0. The quantitative estimate of drug-likeness (QED) is 0.187. The Morgan fingerprint density at radius 1 is 0.905 bits per heavy atom. The van der Waals surface area contributed by atoms with Crippen LogP contribution in [-0.2, 0) is 14.3 Å². The number of aromatic hydroxyl groups is 1. The molecule has 3 aromatic carbocycles. The maximum Gasteiger partial charge on any atom is 0.408 e. The molecule has 9 heteroatoms. The first kappa shape index (κ1) is 32.4. The van der Waals surface area contributed by atoms with E-state index in [2.05, 4.69) is 17.6 Å². The van der Waals surface area contributed by atoms with Crippen LogP contribution in [0, 0.1) is 0 Å². The molecule has 0 fully saturated rings. The number of hydrogen-bond acceptors (Lipinski definition) is 6. The second-order valence-corrected chi connectivity index (χ2v) is 11.3. The highest BCUT2D eigenvalue weighted by Gasteiger charge is 2.37. The summed E-state index contributed by atoms with van der Waals surface area (Å²) in [5.41, 5.74) is -0.0591. The molecule has 0 aliphatic carbocycles. The van der Waals surface area contributed by atoms with Gasteiger partial charge in [0.1, 0.15) is 23.4 Å². The molecule has 2 atom stereocenters. The molecule has 3 amide bonds. The average molecular weight is 578 g/mol. The van der Waals surface area contributed by atoms with Gasteiger partial charge in [-0.25, -0.2) is 4.79 Å². The molecule has 2 unspecified atom stereocenters. The number of alkyl carbamates (subject to hydrolysis) is 1. The summed E-state index contributed by atoms with van der Waals surface area (Å²) in [6.45, 7) is 6.64. The van der Waals surface area contributed by atoms with E-state index in [1.165, 1.54) is 11.0 Å². The number of aliphatic hydroxyl groups is 1. The van der Waals surface area contributed by atoms with Gasteiger partial charge in [-0.2, -0.15) is 0 Å². The Kier molecular flexibility index (Phi) is 11.7. The Labute approximate surface area is 247 Å². The van der Waals surface area contributed by atoms with E-state index < -0.39 is 42.2 Å². The first-order chi connectivity index (χ1) is 20.0. The van der Waals surface area contributed by atoms with Gasteiger partial charge in [0, 0.05) is 17.8 Å². The van der Waals surface area contributed by atoms with Gasteiger partial charge >= 0.3 is 6.09 Å². The van der Waals surface area contributed by atoms with E-state index in [0.29, 0.717) is 12.1 Å². The molecule has 0 saturated carbocycles. The molecule has 3 aromatic rings. The third-order valence-corrected chi connectivity index (χ3v) is 6.77. The van der Waals surface area contributed by atoms with Crippen LogP contribution >= 0.6 is 0 Å². The summed E-state index contributed by atoms with van der Waals surface area (Å²) in [4.78, 5) is 41.9. The van der Waals surface area contributed by atoms with E-state index in [9.17, 15) is 24.6 Å². The molecule has 0 spiro atoms. The van der Waals surface area contributed by atoms with Crippen molar-refractivity contribution in [2.75, 3.05) is 18.5 Å². The molecule has 9 nitrogen and oxygen atoms in total. The van der Waals surface area contributed by atoms with E-state index >= 15 is 0 Å². The summed E-state index contributed by atoms with van der Waals surface area (Å²) in [5.74, 6) is -1.36. The highest BCUT2D eigenvalue weighted by Crippen LogP contribution is 2.31. The molecule has 0 heterocycles. The van der Waals surface area contributed by atoms with Crippen LogP contribution in [0.15, 0.2) is 66.7 Å². The molecule has 226 valence electrons. The molecule has 0 saturated heterocycles. The van der Waals surface area contributed by atoms with Crippen molar-refractivity contribution in [1.29, 1.82) is 0 Å². The lowest BCUT2D eigenvalue weighted by Crippen LogP contribution is -2.54. The minimum Gasteiger partial charge on any atom is -0.508 e. The van der Waals surface area contributed by atoms with Crippen molar-refractivity contribution in [2.45, 2.75) is 77.5 Å².